The maximum atomic E-state index is 14.8. The van der Waals surface area contributed by atoms with Crippen molar-refractivity contribution in [2.75, 3.05) is 5.32 Å². The molecule has 0 bridgehead atoms. The molecule has 0 saturated carbocycles. The number of nitrogens with one attached hydrogen (secondary N) is 1. The number of benzene rings is 2. The van der Waals surface area contributed by atoms with Crippen molar-refractivity contribution in [1.82, 2.24) is 0 Å². The lowest BCUT2D eigenvalue weighted by Crippen LogP contribution is -2.21. The van der Waals surface area contributed by atoms with Gasteiger partial charge in [0.05, 0.1) is 9.92 Å². The zero-order valence-electron chi connectivity index (χ0n) is 16.9. The molecule has 0 heterocycles. The van der Waals surface area contributed by atoms with E-state index in [2.05, 4.69) is 9.68 Å². The van der Waals surface area contributed by atoms with Gasteiger partial charge in [-0.05, 0) is 79.8 Å². The summed E-state index contributed by atoms with van der Waals surface area (Å²) < 4.78 is 31.4. The van der Waals surface area contributed by atoms with Gasteiger partial charge in [0.1, 0.15) is 15.7 Å². The summed E-state index contributed by atoms with van der Waals surface area (Å²) in [5.74, 6) is -2.31. The van der Waals surface area contributed by atoms with E-state index in [-0.39, 0.29) is 21.3 Å². The third kappa shape index (κ3) is 4.08. The fourth-order valence-corrected chi connectivity index (χ4v) is 5.88. The lowest BCUT2D eigenvalue weighted by molar-refractivity contribution is -0.152. The largest absolute Gasteiger partial charge is 0.362 e. The van der Waals surface area contributed by atoms with Crippen LogP contribution in [0.2, 0.25) is 5.02 Å². The molecule has 31 heavy (non-hydrogen) atoms. The Morgan fingerprint density at radius 3 is 2.23 bits per heavy atom. The summed E-state index contributed by atoms with van der Waals surface area (Å²) in [7, 11) is -3.72. The minimum Gasteiger partial charge on any atom is -0.362 e. The van der Waals surface area contributed by atoms with E-state index in [1.165, 1.54) is 18.2 Å². The number of urea groups is 1. The van der Waals surface area contributed by atoms with Crippen LogP contribution in [-0.2, 0) is 41.4 Å². The second-order valence-electron chi connectivity index (χ2n) is 8.07. The third-order valence-corrected chi connectivity index (χ3v) is 7.66. The number of carbonyl (C=O) groups is 1. The molecule has 0 aromatic heterocycles. The van der Waals surface area contributed by atoms with Crippen LogP contribution in [0.3, 0.4) is 0 Å². The van der Waals surface area contributed by atoms with Gasteiger partial charge in [-0.1, -0.05) is 17.7 Å². The highest BCUT2D eigenvalue weighted by Gasteiger charge is 2.30. The number of aliphatic hydroxyl groups is 2. The summed E-state index contributed by atoms with van der Waals surface area (Å²) in [6, 6.07) is 2.84. The molecule has 0 aliphatic heterocycles. The first kappa shape index (κ1) is 22.2. The maximum absolute atomic E-state index is 14.8. The normalized spacial score (nSPS) is 17.1. The zero-order valence-corrected chi connectivity index (χ0v) is 18.4. The Balaban J connectivity index is 1.69. The molecule has 4 rings (SSSR count). The lowest BCUT2D eigenvalue weighted by Gasteiger charge is -2.18. The van der Waals surface area contributed by atoms with E-state index in [4.69, 9.17) is 16.7 Å². The van der Waals surface area contributed by atoms with Crippen LogP contribution >= 0.6 is 11.6 Å². The highest BCUT2D eigenvalue weighted by molar-refractivity contribution is 7.91. The van der Waals surface area contributed by atoms with Gasteiger partial charge in [0.25, 0.3) is 0 Å². The Bertz CT molecular complexity index is 1180. The minimum absolute atomic E-state index is 0.0679. The molecule has 0 radical (unpaired) electrons. The molecule has 2 aliphatic rings. The van der Waals surface area contributed by atoms with Crippen molar-refractivity contribution in [3.8, 4) is 0 Å². The molecule has 1 atom stereocenters. The van der Waals surface area contributed by atoms with Crippen molar-refractivity contribution in [1.29, 1.82) is 0 Å². The SMILES string of the molecule is CC(O)(O)c1ccc(S(N)(=O)=NC(=O)Nc2c3c(c(F)c4c2CCC4)CCC3)c(Cl)c1. The van der Waals surface area contributed by atoms with Gasteiger partial charge in [0.15, 0.2) is 5.79 Å². The summed E-state index contributed by atoms with van der Waals surface area (Å²) in [5, 5.41) is 27.8. The predicted molar refractivity (Wildman–Crippen MR) is 116 cm³/mol. The van der Waals surface area contributed by atoms with Crippen molar-refractivity contribution >= 4 is 33.2 Å². The fourth-order valence-electron chi connectivity index (χ4n) is 4.37. The average Bonchev–Trinajstić information content (AvgIpc) is 3.33. The van der Waals surface area contributed by atoms with E-state index in [1.807, 2.05) is 0 Å². The summed E-state index contributed by atoms with van der Waals surface area (Å²) in [6.45, 7) is 1.15. The quantitative estimate of drug-likeness (QED) is 0.515. The average molecular weight is 468 g/mol. The predicted octanol–water partition coefficient (Wildman–Crippen LogP) is 3.55. The second kappa shape index (κ2) is 7.83. The molecule has 2 amide bonds. The van der Waals surface area contributed by atoms with Crippen LogP contribution in [0.1, 0.15) is 47.6 Å². The molecule has 1 unspecified atom stereocenters. The Kier molecular flexibility index (Phi) is 5.60. The highest BCUT2D eigenvalue weighted by atomic mass is 35.5. The molecular weight excluding hydrogens is 445 g/mol. The number of anilines is 1. The smallest absolute Gasteiger partial charge is 0.354 e. The molecule has 0 fully saturated rings. The van der Waals surface area contributed by atoms with Crippen molar-refractivity contribution in [3.05, 3.63) is 56.9 Å². The summed E-state index contributed by atoms with van der Waals surface area (Å²) >= 11 is 6.12. The summed E-state index contributed by atoms with van der Waals surface area (Å²) in [6.07, 6.45) is 4.17. The minimum atomic E-state index is -3.72. The van der Waals surface area contributed by atoms with Gasteiger partial charge in [0, 0.05) is 11.3 Å². The van der Waals surface area contributed by atoms with Crippen LogP contribution in [0, 0.1) is 5.82 Å². The number of carbonyl (C=O) groups excluding carboxylic acids is 1. The number of nitrogens with zero attached hydrogens (tertiary/aromatic N) is 1. The van der Waals surface area contributed by atoms with Crippen molar-refractivity contribution in [3.63, 3.8) is 0 Å². The van der Waals surface area contributed by atoms with Crippen molar-refractivity contribution in [2.45, 2.75) is 56.1 Å². The Morgan fingerprint density at radius 1 is 1.16 bits per heavy atom. The van der Waals surface area contributed by atoms with Crippen molar-refractivity contribution in [2.24, 2.45) is 9.50 Å². The van der Waals surface area contributed by atoms with Crippen LogP contribution in [0.5, 0.6) is 0 Å². The van der Waals surface area contributed by atoms with Crippen LogP contribution < -0.4 is 10.5 Å². The van der Waals surface area contributed by atoms with Crippen molar-refractivity contribution < 1.29 is 23.6 Å². The van der Waals surface area contributed by atoms with E-state index in [9.17, 15) is 23.6 Å². The standard InChI is InChI=1S/C21H23ClFN3O4S/c1-21(28,29)11-8-9-17(16(22)10-11)31(24,30)26-20(27)25-19-14-6-2-4-12(14)18(23)13-5-3-7-15(13)19/h8-10,28-29H,2-7H2,1H3,(H3,24,25,26,27,30). The first-order valence-electron chi connectivity index (χ1n) is 9.94. The van der Waals surface area contributed by atoms with Crippen LogP contribution in [0.4, 0.5) is 14.9 Å². The monoisotopic (exact) mass is 467 g/mol. The first-order chi connectivity index (χ1) is 14.5. The second-order valence-corrected chi connectivity index (χ2v) is 10.2. The van der Waals surface area contributed by atoms with Gasteiger partial charge in [0.2, 0.25) is 0 Å². The number of hydrogen-bond donors (Lipinski definition) is 4. The summed E-state index contributed by atoms with van der Waals surface area (Å²) in [5.41, 5.74) is 3.45. The number of amides is 2. The lowest BCUT2D eigenvalue weighted by atomic mass is 9.98. The van der Waals surface area contributed by atoms with Crippen LogP contribution in [-0.4, -0.2) is 20.5 Å². The van der Waals surface area contributed by atoms with Crippen LogP contribution in [0.25, 0.3) is 0 Å². The van der Waals surface area contributed by atoms with Gasteiger partial charge in [-0.15, -0.1) is 4.36 Å². The number of halogens is 2. The van der Waals surface area contributed by atoms with Gasteiger partial charge in [-0.2, -0.15) is 0 Å². The van der Waals surface area contributed by atoms with Crippen LogP contribution in [0.15, 0.2) is 27.5 Å². The fraction of sp³-hybridized carbons (Fsp3) is 0.381. The molecule has 2 aromatic rings. The van der Waals surface area contributed by atoms with E-state index >= 15 is 0 Å². The van der Waals surface area contributed by atoms with Gasteiger partial charge in [-0.25, -0.2) is 18.5 Å². The van der Waals surface area contributed by atoms with Gasteiger partial charge in [-0.3, -0.25) is 0 Å². The van der Waals surface area contributed by atoms with E-state index < -0.39 is 21.7 Å². The molecule has 2 aliphatic carbocycles. The van der Waals surface area contributed by atoms with E-state index in [1.54, 1.807) is 0 Å². The number of rotatable bonds is 3. The molecule has 10 heteroatoms. The first-order valence-corrected chi connectivity index (χ1v) is 11.9. The maximum Gasteiger partial charge on any atom is 0.354 e. The molecule has 2 aromatic carbocycles. The topological polar surface area (TPSA) is 125 Å². The van der Waals surface area contributed by atoms with E-state index in [0.717, 1.165) is 30.9 Å². The number of hydrogen-bond acceptors (Lipinski definition) is 4. The Labute approximate surface area is 184 Å². The molecular formula is C21H23ClFN3O4S. The molecule has 0 saturated heterocycles. The molecule has 166 valence electrons. The Morgan fingerprint density at radius 2 is 1.71 bits per heavy atom. The molecule has 7 nitrogen and oxygen atoms in total. The summed E-state index contributed by atoms with van der Waals surface area (Å²) in [4.78, 5) is 12.6. The molecule has 5 N–H and O–H groups in total. The molecule has 0 spiro atoms. The van der Waals surface area contributed by atoms with Gasteiger partial charge >= 0.3 is 6.03 Å². The van der Waals surface area contributed by atoms with Gasteiger partial charge < -0.3 is 15.5 Å². The number of fused-ring (bicyclic) bond motifs is 2. The Hall–Kier alpha value is -2.04. The number of nitrogens with two attached hydrogens (primary N) is 1. The highest BCUT2D eigenvalue weighted by Crippen LogP contribution is 2.41. The zero-order chi connectivity index (χ0) is 22.6. The third-order valence-electron chi connectivity index (χ3n) is 5.81. The van der Waals surface area contributed by atoms with E-state index in [0.29, 0.717) is 42.5 Å².